The summed E-state index contributed by atoms with van der Waals surface area (Å²) < 4.78 is 5.21. The third-order valence-corrected chi connectivity index (χ3v) is 5.69. The van der Waals surface area contributed by atoms with E-state index < -0.39 is 5.54 Å². The van der Waals surface area contributed by atoms with E-state index in [1.807, 2.05) is 61.5 Å². The number of hydrogen-bond donors (Lipinski definition) is 1. The molecule has 0 aliphatic carbocycles. The minimum Gasteiger partial charge on any atom is -0.497 e. The van der Waals surface area contributed by atoms with E-state index >= 15 is 0 Å². The molecule has 30 heavy (non-hydrogen) atoms. The minimum atomic E-state index is -1.05. The smallest absolute Gasteiger partial charge is 0.325 e. The van der Waals surface area contributed by atoms with Gasteiger partial charge < -0.3 is 10.1 Å². The van der Waals surface area contributed by atoms with Crippen LogP contribution < -0.4 is 10.1 Å². The number of carbonyl (C=O) groups is 2. The fourth-order valence-corrected chi connectivity index (χ4v) is 3.90. The number of benzene rings is 3. The predicted molar refractivity (Wildman–Crippen MR) is 116 cm³/mol. The maximum atomic E-state index is 13.3. The van der Waals surface area contributed by atoms with Crippen LogP contribution in [-0.2, 0) is 16.9 Å². The maximum Gasteiger partial charge on any atom is 0.325 e. The molecule has 3 aromatic rings. The highest BCUT2D eigenvalue weighted by molar-refractivity contribution is 6.07. The number of urea groups is 1. The molecule has 5 heteroatoms. The van der Waals surface area contributed by atoms with E-state index in [4.69, 9.17) is 4.74 Å². The summed E-state index contributed by atoms with van der Waals surface area (Å²) in [5, 5.41) is 2.92. The summed E-state index contributed by atoms with van der Waals surface area (Å²) in [6, 6.07) is 24.9. The van der Waals surface area contributed by atoms with Gasteiger partial charge in [-0.1, -0.05) is 73.7 Å². The molecule has 0 unspecified atom stereocenters. The van der Waals surface area contributed by atoms with Gasteiger partial charge in [-0.15, -0.1) is 0 Å². The molecule has 0 bridgehead atoms. The molecule has 1 saturated heterocycles. The number of ether oxygens (including phenoxy) is 1. The zero-order chi connectivity index (χ0) is 21.1. The van der Waals surface area contributed by atoms with Crippen LogP contribution >= 0.6 is 0 Å². The zero-order valence-corrected chi connectivity index (χ0v) is 17.1. The number of nitrogens with one attached hydrogen (secondary N) is 1. The number of rotatable bonds is 6. The molecule has 0 saturated carbocycles. The van der Waals surface area contributed by atoms with Crippen molar-refractivity contribution in [2.75, 3.05) is 7.11 Å². The van der Waals surface area contributed by atoms with E-state index in [1.165, 1.54) is 4.90 Å². The summed E-state index contributed by atoms with van der Waals surface area (Å²) >= 11 is 0. The van der Waals surface area contributed by atoms with E-state index in [9.17, 15) is 9.59 Å². The lowest BCUT2D eigenvalue weighted by Crippen LogP contribution is -2.43. The first-order chi connectivity index (χ1) is 14.6. The second kappa shape index (κ2) is 8.03. The largest absolute Gasteiger partial charge is 0.497 e. The zero-order valence-electron chi connectivity index (χ0n) is 17.1. The van der Waals surface area contributed by atoms with Crippen molar-refractivity contribution < 1.29 is 14.3 Å². The Bertz CT molecular complexity index is 1050. The first-order valence-corrected chi connectivity index (χ1v) is 10.0. The highest BCUT2D eigenvalue weighted by Crippen LogP contribution is 2.34. The molecule has 1 fully saturated rings. The molecule has 152 valence electrons. The van der Waals surface area contributed by atoms with Gasteiger partial charge in [-0.3, -0.25) is 9.69 Å². The normalized spacial score (nSPS) is 18.4. The van der Waals surface area contributed by atoms with E-state index in [0.29, 0.717) is 12.2 Å². The lowest BCUT2D eigenvalue weighted by atomic mass is 9.87. The van der Waals surface area contributed by atoms with Crippen LogP contribution in [0.25, 0.3) is 11.1 Å². The van der Waals surface area contributed by atoms with Crippen LogP contribution in [0.2, 0.25) is 0 Å². The number of methoxy groups -OCH3 is 1. The Balaban J connectivity index is 1.56. The number of nitrogens with zero attached hydrogens (tertiary/aromatic N) is 1. The first kappa shape index (κ1) is 19.7. The fourth-order valence-electron chi connectivity index (χ4n) is 3.90. The molecule has 1 N–H and O–H groups in total. The molecular formula is C25H24N2O3. The van der Waals surface area contributed by atoms with Crippen molar-refractivity contribution in [2.45, 2.75) is 25.4 Å². The molecule has 3 aromatic carbocycles. The van der Waals surface area contributed by atoms with E-state index in [1.54, 1.807) is 19.2 Å². The second-order valence-electron chi connectivity index (χ2n) is 7.37. The van der Waals surface area contributed by atoms with E-state index in [-0.39, 0.29) is 18.5 Å². The molecule has 0 radical (unpaired) electrons. The number of carbonyl (C=O) groups excluding carboxylic acids is 2. The van der Waals surface area contributed by atoms with Crippen LogP contribution in [0.15, 0.2) is 78.9 Å². The topological polar surface area (TPSA) is 58.6 Å². The van der Waals surface area contributed by atoms with Crippen molar-refractivity contribution >= 4 is 11.9 Å². The lowest BCUT2D eigenvalue weighted by Gasteiger charge is -2.26. The Morgan fingerprint density at radius 3 is 2.10 bits per heavy atom. The average Bonchev–Trinajstić information content (AvgIpc) is 3.05. The fraction of sp³-hybridized carbons (Fsp3) is 0.200. The van der Waals surface area contributed by atoms with Crippen molar-refractivity contribution in [1.29, 1.82) is 0 Å². The molecular weight excluding hydrogens is 376 g/mol. The molecule has 1 atom stereocenters. The van der Waals surface area contributed by atoms with Crippen LogP contribution in [-0.4, -0.2) is 23.9 Å². The van der Waals surface area contributed by atoms with Gasteiger partial charge >= 0.3 is 6.03 Å². The van der Waals surface area contributed by atoms with Crippen molar-refractivity contribution in [3.8, 4) is 16.9 Å². The summed E-state index contributed by atoms with van der Waals surface area (Å²) in [4.78, 5) is 27.3. The molecule has 3 amide bonds. The quantitative estimate of drug-likeness (QED) is 0.609. The summed E-state index contributed by atoms with van der Waals surface area (Å²) in [5.74, 6) is 0.476. The summed E-state index contributed by atoms with van der Waals surface area (Å²) in [5.41, 5.74) is 2.83. The molecule has 1 heterocycles. The lowest BCUT2D eigenvalue weighted by molar-refractivity contribution is -0.132. The number of amides is 3. The summed E-state index contributed by atoms with van der Waals surface area (Å²) in [7, 11) is 1.60. The number of imide groups is 1. The van der Waals surface area contributed by atoms with Gasteiger partial charge in [-0.25, -0.2) is 4.79 Å². The summed E-state index contributed by atoms with van der Waals surface area (Å²) in [6.07, 6.45) is 0.466. The van der Waals surface area contributed by atoms with Crippen LogP contribution in [0, 0.1) is 0 Å². The highest BCUT2D eigenvalue weighted by atomic mass is 16.5. The molecule has 5 nitrogen and oxygen atoms in total. The van der Waals surface area contributed by atoms with E-state index in [2.05, 4.69) is 17.4 Å². The Morgan fingerprint density at radius 2 is 1.50 bits per heavy atom. The van der Waals surface area contributed by atoms with Gasteiger partial charge in [0.05, 0.1) is 13.7 Å². The molecule has 1 aliphatic heterocycles. The minimum absolute atomic E-state index is 0.229. The van der Waals surface area contributed by atoms with Gasteiger partial charge in [0.1, 0.15) is 11.3 Å². The average molecular weight is 400 g/mol. The van der Waals surface area contributed by atoms with Gasteiger partial charge in [0.25, 0.3) is 5.91 Å². The van der Waals surface area contributed by atoms with E-state index in [0.717, 1.165) is 22.3 Å². The van der Waals surface area contributed by atoms with Crippen LogP contribution in [0.4, 0.5) is 4.79 Å². The van der Waals surface area contributed by atoms with Gasteiger partial charge in [-0.2, -0.15) is 0 Å². The van der Waals surface area contributed by atoms with Gasteiger partial charge in [0.2, 0.25) is 0 Å². The second-order valence-corrected chi connectivity index (χ2v) is 7.37. The van der Waals surface area contributed by atoms with Gasteiger partial charge in [-0.05, 0) is 40.8 Å². The Hall–Kier alpha value is -3.60. The van der Waals surface area contributed by atoms with Crippen LogP contribution in [0.3, 0.4) is 0 Å². The standard InChI is InChI=1S/C25H24N2O3/c1-3-25(21-13-15-22(30-2)16-14-21)23(28)27(24(29)26-25)17-18-9-11-20(12-10-18)19-7-5-4-6-8-19/h4-16H,3,17H2,1-2H3,(H,26,29)/t25-/m0/s1. The third kappa shape index (κ3) is 3.43. The third-order valence-electron chi connectivity index (χ3n) is 5.69. The van der Waals surface area contributed by atoms with Crippen molar-refractivity contribution in [1.82, 2.24) is 10.2 Å². The van der Waals surface area contributed by atoms with Crippen LogP contribution in [0.5, 0.6) is 5.75 Å². The molecule has 0 spiro atoms. The van der Waals surface area contributed by atoms with Gasteiger partial charge in [0, 0.05) is 0 Å². The van der Waals surface area contributed by atoms with Gasteiger partial charge in [0.15, 0.2) is 0 Å². The molecule has 0 aromatic heterocycles. The maximum absolute atomic E-state index is 13.3. The number of hydrogen-bond acceptors (Lipinski definition) is 3. The highest BCUT2D eigenvalue weighted by Gasteiger charge is 2.51. The SMILES string of the molecule is CC[C@@]1(c2ccc(OC)cc2)NC(=O)N(Cc2ccc(-c3ccccc3)cc2)C1=O. The Kier molecular flexibility index (Phi) is 5.27. The van der Waals surface area contributed by atoms with Crippen molar-refractivity contribution in [3.05, 3.63) is 90.0 Å². The molecule has 1 aliphatic rings. The Labute approximate surface area is 176 Å². The van der Waals surface area contributed by atoms with Crippen molar-refractivity contribution in [2.24, 2.45) is 0 Å². The summed E-state index contributed by atoms with van der Waals surface area (Å²) in [6.45, 7) is 2.14. The predicted octanol–water partition coefficient (Wildman–Crippen LogP) is 4.72. The molecule has 4 rings (SSSR count). The Morgan fingerprint density at radius 1 is 0.867 bits per heavy atom. The monoisotopic (exact) mass is 400 g/mol. The van der Waals surface area contributed by atoms with Crippen molar-refractivity contribution in [3.63, 3.8) is 0 Å². The van der Waals surface area contributed by atoms with Crippen LogP contribution in [0.1, 0.15) is 24.5 Å². The first-order valence-electron chi connectivity index (χ1n) is 10.0.